The maximum Gasteiger partial charge on any atom is -0.0136 e. The van der Waals surface area contributed by atoms with E-state index in [0.717, 1.165) is 6.42 Å². The van der Waals surface area contributed by atoms with E-state index in [1.807, 2.05) is 6.08 Å². The van der Waals surface area contributed by atoms with Crippen molar-refractivity contribution in [1.29, 1.82) is 0 Å². The lowest BCUT2D eigenvalue weighted by Gasteiger charge is -2.08. The minimum Gasteiger partial charge on any atom is -0.103 e. The van der Waals surface area contributed by atoms with Crippen molar-refractivity contribution in [1.82, 2.24) is 0 Å². The number of allylic oxidation sites excluding steroid dienone is 3. The van der Waals surface area contributed by atoms with Crippen LogP contribution in [-0.2, 0) is 0 Å². The van der Waals surface area contributed by atoms with E-state index < -0.39 is 0 Å². The summed E-state index contributed by atoms with van der Waals surface area (Å²) in [5.41, 5.74) is 1.47. The van der Waals surface area contributed by atoms with Crippen LogP contribution in [0.2, 0.25) is 0 Å². The van der Waals surface area contributed by atoms with E-state index in [1.165, 1.54) is 31.3 Å². The monoisotopic (exact) mass is 121 g/mol. The zero-order valence-corrected chi connectivity index (χ0v) is 5.82. The van der Waals surface area contributed by atoms with Crippen molar-refractivity contribution in [2.45, 2.75) is 32.1 Å². The van der Waals surface area contributed by atoms with Crippen molar-refractivity contribution in [3.8, 4) is 0 Å². The van der Waals surface area contributed by atoms with Crippen LogP contribution in [0.3, 0.4) is 0 Å². The van der Waals surface area contributed by atoms with Crippen molar-refractivity contribution >= 4 is 0 Å². The molecule has 0 N–H and O–H groups in total. The van der Waals surface area contributed by atoms with E-state index in [1.54, 1.807) is 0 Å². The van der Waals surface area contributed by atoms with E-state index in [-0.39, 0.29) is 0 Å². The fourth-order valence-electron chi connectivity index (χ4n) is 1.17. The van der Waals surface area contributed by atoms with E-state index in [4.69, 9.17) is 0 Å². The van der Waals surface area contributed by atoms with Crippen LogP contribution in [-0.4, -0.2) is 0 Å². The highest BCUT2D eigenvalue weighted by Gasteiger charge is 2.00. The topological polar surface area (TPSA) is 0 Å². The molecule has 0 aromatic rings. The molecule has 1 radical (unpaired) electrons. The van der Waals surface area contributed by atoms with Gasteiger partial charge in [-0.05, 0) is 38.2 Å². The Morgan fingerprint density at radius 2 is 2.44 bits per heavy atom. The number of hydrogen-bond donors (Lipinski definition) is 0. The molecule has 0 aromatic heterocycles. The lowest BCUT2D eigenvalue weighted by molar-refractivity contribution is 0.679. The van der Waals surface area contributed by atoms with Gasteiger partial charge in [-0.25, -0.2) is 0 Å². The molecule has 0 atom stereocenters. The third-order valence-electron chi connectivity index (χ3n) is 1.67. The molecule has 1 rings (SSSR count). The summed E-state index contributed by atoms with van der Waals surface area (Å²) < 4.78 is 0. The lowest BCUT2D eigenvalue weighted by Crippen LogP contribution is -1.90. The Labute approximate surface area is 57.3 Å². The van der Waals surface area contributed by atoms with Gasteiger partial charge >= 0.3 is 0 Å². The maximum atomic E-state index is 3.69. The predicted octanol–water partition coefficient (Wildman–Crippen LogP) is 2.87. The van der Waals surface area contributed by atoms with Crippen LogP contribution in [0.5, 0.6) is 0 Å². The predicted molar refractivity (Wildman–Crippen MR) is 40.0 cm³/mol. The quantitative estimate of drug-likeness (QED) is 0.493. The van der Waals surface area contributed by atoms with Gasteiger partial charge in [-0.15, -0.1) is 6.58 Å². The second-order valence-electron chi connectivity index (χ2n) is 2.48. The molecule has 0 fully saturated rings. The summed E-state index contributed by atoms with van der Waals surface area (Å²) in [6.45, 7) is 3.69. The van der Waals surface area contributed by atoms with Gasteiger partial charge in [0.25, 0.3) is 0 Å². The van der Waals surface area contributed by atoms with Crippen LogP contribution in [0, 0.1) is 6.08 Å². The van der Waals surface area contributed by atoms with Gasteiger partial charge in [-0.1, -0.05) is 11.6 Å². The Hall–Kier alpha value is -0.520. The molecular formula is C9H13. The standard InChI is InChI=1S/C9H13/c1-2-6-9-7-4-3-5-8-9/h2H,1,3-7H2. The minimum absolute atomic E-state index is 1.06. The molecule has 1 aliphatic carbocycles. The first-order chi connectivity index (χ1) is 4.43. The highest BCUT2D eigenvalue weighted by Crippen LogP contribution is 2.18. The Bertz CT molecular complexity index is 120. The van der Waals surface area contributed by atoms with Crippen molar-refractivity contribution in [2.75, 3.05) is 0 Å². The van der Waals surface area contributed by atoms with Gasteiger partial charge in [-0.3, -0.25) is 0 Å². The average Bonchev–Trinajstić information content (AvgIpc) is 1.91. The Balaban J connectivity index is 2.36. The van der Waals surface area contributed by atoms with Gasteiger partial charge in [-0.2, -0.15) is 0 Å². The van der Waals surface area contributed by atoms with Crippen LogP contribution >= 0.6 is 0 Å². The first-order valence-corrected chi connectivity index (χ1v) is 3.63. The summed E-state index contributed by atoms with van der Waals surface area (Å²) in [6, 6.07) is 0. The molecule has 9 heavy (non-hydrogen) atoms. The third-order valence-corrected chi connectivity index (χ3v) is 1.67. The van der Waals surface area contributed by atoms with Gasteiger partial charge < -0.3 is 0 Å². The highest BCUT2D eigenvalue weighted by atomic mass is 14.1. The van der Waals surface area contributed by atoms with E-state index in [2.05, 4.69) is 12.7 Å². The smallest absolute Gasteiger partial charge is 0.0136 e. The number of rotatable bonds is 2. The largest absolute Gasteiger partial charge is 0.103 e. The lowest BCUT2D eigenvalue weighted by atomic mass is 9.97. The summed E-state index contributed by atoms with van der Waals surface area (Å²) in [6.07, 6.45) is 11.5. The van der Waals surface area contributed by atoms with Crippen molar-refractivity contribution in [2.24, 2.45) is 0 Å². The maximum absolute atomic E-state index is 3.69. The number of hydrogen-bond acceptors (Lipinski definition) is 0. The van der Waals surface area contributed by atoms with E-state index in [0.29, 0.717) is 0 Å². The summed E-state index contributed by atoms with van der Waals surface area (Å²) in [5.74, 6) is 0. The summed E-state index contributed by atoms with van der Waals surface area (Å²) in [7, 11) is 0. The van der Waals surface area contributed by atoms with Crippen molar-refractivity contribution < 1.29 is 0 Å². The average molecular weight is 121 g/mol. The second kappa shape index (κ2) is 3.49. The van der Waals surface area contributed by atoms with E-state index in [9.17, 15) is 0 Å². The summed E-state index contributed by atoms with van der Waals surface area (Å²) in [5, 5.41) is 0. The van der Waals surface area contributed by atoms with Crippen LogP contribution in [0.1, 0.15) is 32.1 Å². The minimum atomic E-state index is 1.06. The molecule has 0 unspecified atom stereocenters. The van der Waals surface area contributed by atoms with Crippen LogP contribution in [0.4, 0.5) is 0 Å². The van der Waals surface area contributed by atoms with Gasteiger partial charge in [0, 0.05) is 0 Å². The Morgan fingerprint density at radius 3 is 3.00 bits per heavy atom. The van der Waals surface area contributed by atoms with Gasteiger partial charge in [0.2, 0.25) is 0 Å². The normalized spacial score (nSPS) is 18.9. The molecular weight excluding hydrogens is 108 g/mol. The zero-order chi connectivity index (χ0) is 6.53. The molecule has 1 aliphatic rings. The molecule has 0 saturated heterocycles. The molecule has 0 heterocycles. The van der Waals surface area contributed by atoms with Crippen LogP contribution < -0.4 is 0 Å². The van der Waals surface area contributed by atoms with Crippen LogP contribution in [0.15, 0.2) is 18.2 Å². The molecule has 0 aliphatic heterocycles. The first kappa shape index (κ1) is 6.60. The van der Waals surface area contributed by atoms with Crippen molar-refractivity contribution in [3.05, 3.63) is 24.3 Å². The molecule has 49 valence electrons. The molecule has 0 aromatic carbocycles. The van der Waals surface area contributed by atoms with Crippen molar-refractivity contribution in [3.63, 3.8) is 0 Å². The summed E-state index contributed by atoms with van der Waals surface area (Å²) in [4.78, 5) is 0. The fraction of sp³-hybridized carbons (Fsp3) is 0.556. The molecule has 0 spiro atoms. The van der Waals surface area contributed by atoms with Gasteiger partial charge in [0.05, 0.1) is 0 Å². The third kappa shape index (κ3) is 2.05. The van der Waals surface area contributed by atoms with E-state index >= 15 is 0 Å². The van der Waals surface area contributed by atoms with Gasteiger partial charge in [0.15, 0.2) is 0 Å². The molecule has 0 saturated carbocycles. The molecule has 0 nitrogen and oxygen atoms in total. The zero-order valence-electron chi connectivity index (χ0n) is 5.82. The second-order valence-corrected chi connectivity index (χ2v) is 2.48. The Kier molecular flexibility index (Phi) is 2.56. The Morgan fingerprint density at radius 1 is 1.56 bits per heavy atom. The molecule has 0 amide bonds. The van der Waals surface area contributed by atoms with Crippen LogP contribution in [0.25, 0.3) is 0 Å². The fourth-order valence-corrected chi connectivity index (χ4v) is 1.17. The highest BCUT2D eigenvalue weighted by molar-refractivity contribution is 5.03. The van der Waals surface area contributed by atoms with Gasteiger partial charge in [0.1, 0.15) is 0 Å². The first-order valence-electron chi connectivity index (χ1n) is 3.63. The molecule has 0 heteroatoms. The SMILES string of the molecule is C=CCC1=[C]CCCC1. The molecule has 0 bridgehead atoms. The summed E-state index contributed by atoms with van der Waals surface area (Å²) >= 11 is 0.